The molecule has 0 aliphatic rings. The molecule has 92 valence electrons. The van der Waals surface area contributed by atoms with E-state index in [1.54, 1.807) is 7.05 Å². The monoisotopic (exact) mass is 234 g/mol. The third kappa shape index (κ3) is 3.06. The quantitative estimate of drug-likeness (QED) is 0.777. The predicted molar refractivity (Wildman–Crippen MR) is 66.3 cm³/mol. The van der Waals surface area contributed by atoms with Gasteiger partial charge in [0.15, 0.2) is 0 Å². The SMILES string of the molecule is Cc1cc(C)c(CN(C)C(=O)C(N)=O)c(C)c1. The van der Waals surface area contributed by atoms with Crippen LogP contribution in [0.3, 0.4) is 0 Å². The van der Waals surface area contributed by atoms with E-state index in [-0.39, 0.29) is 0 Å². The van der Waals surface area contributed by atoms with Crippen molar-refractivity contribution >= 4 is 11.8 Å². The van der Waals surface area contributed by atoms with Crippen LogP contribution >= 0.6 is 0 Å². The van der Waals surface area contributed by atoms with Crippen molar-refractivity contribution in [3.05, 3.63) is 34.4 Å². The van der Waals surface area contributed by atoms with Crippen LogP contribution in [0, 0.1) is 20.8 Å². The number of hydrogen-bond donors (Lipinski definition) is 1. The Labute approximate surface area is 101 Å². The minimum atomic E-state index is -0.921. The molecule has 1 rings (SSSR count). The van der Waals surface area contributed by atoms with Gasteiger partial charge in [0, 0.05) is 13.6 Å². The van der Waals surface area contributed by atoms with Gasteiger partial charge in [0.05, 0.1) is 0 Å². The molecule has 0 aliphatic heterocycles. The second kappa shape index (κ2) is 4.99. The first-order valence-corrected chi connectivity index (χ1v) is 5.44. The summed E-state index contributed by atoms with van der Waals surface area (Å²) in [5.41, 5.74) is 9.45. The van der Waals surface area contributed by atoms with Gasteiger partial charge < -0.3 is 10.6 Å². The summed E-state index contributed by atoms with van der Waals surface area (Å²) in [4.78, 5) is 23.5. The second-order valence-electron chi connectivity index (χ2n) is 4.40. The van der Waals surface area contributed by atoms with Crippen LogP contribution in [0.5, 0.6) is 0 Å². The van der Waals surface area contributed by atoms with E-state index in [1.165, 1.54) is 10.5 Å². The van der Waals surface area contributed by atoms with Crippen molar-refractivity contribution < 1.29 is 9.59 Å². The minimum absolute atomic E-state index is 0.402. The Bertz CT molecular complexity index is 443. The third-order valence-electron chi connectivity index (χ3n) is 2.79. The summed E-state index contributed by atoms with van der Waals surface area (Å²) in [7, 11) is 1.58. The topological polar surface area (TPSA) is 63.4 Å². The molecular weight excluding hydrogens is 216 g/mol. The molecule has 17 heavy (non-hydrogen) atoms. The molecule has 0 saturated heterocycles. The molecule has 0 saturated carbocycles. The first-order valence-electron chi connectivity index (χ1n) is 5.44. The molecule has 0 unspecified atom stereocenters. The highest BCUT2D eigenvalue weighted by Crippen LogP contribution is 2.17. The number of hydrogen-bond acceptors (Lipinski definition) is 2. The van der Waals surface area contributed by atoms with Gasteiger partial charge in [-0.05, 0) is 37.5 Å². The predicted octanol–water partition coefficient (Wildman–Crippen LogP) is 1.06. The van der Waals surface area contributed by atoms with Gasteiger partial charge in [0.2, 0.25) is 0 Å². The fourth-order valence-electron chi connectivity index (χ4n) is 1.96. The van der Waals surface area contributed by atoms with Gasteiger partial charge in [-0.15, -0.1) is 0 Å². The summed E-state index contributed by atoms with van der Waals surface area (Å²) in [5, 5.41) is 0. The van der Waals surface area contributed by atoms with E-state index >= 15 is 0 Å². The zero-order valence-corrected chi connectivity index (χ0v) is 10.7. The van der Waals surface area contributed by atoms with Crippen LogP contribution in [0.4, 0.5) is 0 Å². The van der Waals surface area contributed by atoms with E-state index in [1.807, 2.05) is 20.8 Å². The summed E-state index contributed by atoms with van der Waals surface area (Å²) >= 11 is 0. The summed E-state index contributed by atoms with van der Waals surface area (Å²) < 4.78 is 0. The van der Waals surface area contributed by atoms with Crippen LogP contribution in [0.1, 0.15) is 22.3 Å². The van der Waals surface area contributed by atoms with Gasteiger partial charge >= 0.3 is 11.8 Å². The van der Waals surface area contributed by atoms with E-state index in [9.17, 15) is 9.59 Å². The number of amides is 2. The molecule has 0 aromatic heterocycles. The maximum atomic E-state index is 11.4. The maximum absolute atomic E-state index is 11.4. The highest BCUT2D eigenvalue weighted by molar-refractivity contribution is 6.34. The molecular formula is C13H18N2O2. The first-order chi connectivity index (χ1) is 7.82. The van der Waals surface area contributed by atoms with Gasteiger partial charge in [-0.1, -0.05) is 17.7 Å². The normalized spacial score (nSPS) is 10.1. The molecule has 2 N–H and O–H groups in total. The number of likely N-dealkylation sites (N-methyl/N-ethyl adjacent to an activating group) is 1. The molecule has 0 spiro atoms. The molecule has 0 atom stereocenters. The Morgan fingerprint density at radius 3 is 2.06 bits per heavy atom. The molecule has 1 aromatic rings. The Hall–Kier alpha value is -1.84. The van der Waals surface area contributed by atoms with Crippen LogP contribution in [0.2, 0.25) is 0 Å². The van der Waals surface area contributed by atoms with Gasteiger partial charge in [-0.2, -0.15) is 0 Å². The Balaban J connectivity index is 2.96. The number of aryl methyl sites for hydroxylation is 3. The van der Waals surface area contributed by atoms with Crippen LogP contribution < -0.4 is 5.73 Å². The summed E-state index contributed by atoms with van der Waals surface area (Å²) in [5.74, 6) is -1.58. The van der Waals surface area contributed by atoms with Crippen molar-refractivity contribution in [2.24, 2.45) is 5.73 Å². The van der Waals surface area contributed by atoms with Crippen LogP contribution in [0.15, 0.2) is 12.1 Å². The fourth-order valence-corrected chi connectivity index (χ4v) is 1.96. The van der Waals surface area contributed by atoms with E-state index < -0.39 is 11.8 Å². The Kier molecular flexibility index (Phi) is 3.89. The molecule has 0 aliphatic carbocycles. The van der Waals surface area contributed by atoms with Gasteiger partial charge in [-0.25, -0.2) is 0 Å². The molecule has 0 heterocycles. The standard InChI is InChI=1S/C13H18N2O2/c1-8-5-9(2)11(10(3)6-8)7-15(4)13(17)12(14)16/h5-6H,7H2,1-4H3,(H2,14,16). The lowest BCUT2D eigenvalue weighted by Crippen LogP contribution is -2.37. The highest BCUT2D eigenvalue weighted by Gasteiger charge is 2.16. The molecule has 0 bridgehead atoms. The van der Waals surface area contributed by atoms with Crippen molar-refractivity contribution in [1.29, 1.82) is 0 Å². The lowest BCUT2D eigenvalue weighted by Gasteiger charge is -2.19. The van der Waals surface area contributed by atoms with E-state index in [4.69, 9.17) is 5.73 Å². The van der Waals surface area contributed by atoms with E-state index in [0.717, 1.165) is 16.7 Å². The zero-order chi connectivity index (χ0) is 13.2. The summed E-state index contributed by atoms with van der Waals surface area (Å²) in [6.07, 6.45) is 0. The van der Waals surface area contributed by atoms with Crippen LogP contribution in [-0.2, 0) is 16.1 Å². The minimum Gasteiger partial charge on any atom is -0.361 e. The average Bonchev–Trinajstić information content (AvgIpc) is 2.21. The van der Waals surface area contributed by atoms with Crippen molar-refractivity contribution in [3.8, 4) is 0 Å². The number of primary amides is 1. The fraction of sp³-hybridized carbons (Fsp3) is 0.385. The molecule has 4 heteroatoms. The molecule has 0 radical (unpaired) electrons. The van der Waals surface area contributed by atoms with E-state index in [2.05, 4.69) is 12.1 Å². The van der Waals surface area contributed by atoms with Crippen molar-refractivity contribution in [2.45, 2.75) is 27.3 Å². The maximum Gasteiger partial charge on any atom is 0.311 e. The Morgan fingerprint density at radius 2 is 1.65 bits per heavy atom. The number of rotatable bonds is 2. The first kappa shape index (κ1) is 13.2. The number of carbonyl (C=O) groups excluding carboxylic acids is 2. The number of carbonyl (C=O) groups is 2. The van der Waals surface area contributed by atoms with Crippen molar-refractivity contribution in [3.63, 3.8) is 0 Å². The smallest absolute Gasteiger partial charge is 0.311 e. The lowest BCUT2D eigenvalue weighted by atomic mass is 9.99. The second-order valence-corrected chi connectivity index (χ2v) is 4.40. The molecule has 1 aromatic carbocycles. The van der Waals surface area contributed by atoms with Gasteiger partial charge in [0.1, 0.15) is 0 Å². The van der Waals surface area contributed by atoms with Crippen LogP contribution in [-0.4, -0.2) is 23.8 Å². The number of nitrogens with zero attached hydrogens (tertiary/aromatic N) is 1. The number of nitrogens with two attached hydrogens (primary N) is 1. The molecule has 0 fully saturated rings. The molecule has 4 nitrogen and oxygen atoms in total. The highest BCUT2D eigenvalue weighted by atomic mass is 16.2. The summed E-state index contributed by atoms with van der Waals surface area (Å²) in [6.45, 7) is 6.43. The van der Waals surface area contributed by atoms with E-state index in [0.29, 0.717) is 6.54 Å². The number of benzene rings is 1. The van der Waals surface area contributed by atoms with Crippen molar-refractivity contribution in [1.82, 2.24) is 4.90 Å². The van der Waals surface area contributed by atoms with Crippen molar-refractivity contribution in [2.75, 3.05) is 7.05 Å². The Morgan fingerprint density at radius 1 is 1.18 bits per heavy atom. The lowest BCUT2D eigenvalue weighted by molar-refractivity contribution is -0.143. The zero-order valence-electron chi connectivity index (χ0n) is 10.7. The van der Waals surface area contributed by atoms with Gasteiger partial charge in [0.25, 0.3) is 0 Å². The summed E-state index contributed by atoms with van der Waals surface area (Å²) in [6, 6.07) is 4.12. The average molecular weight is 234 g/mol. The van der Waals surface area contributed by atoms with Gasteiger partial charge in [-0.3, -0.25) is 9.59 Å². The van der Waals surface area contributed by atoms with Crippen LogP contribution in [0.25, 0.3) is 0 Å². The molecule has 2 amide bonds. The third-order valence-corrected chi connectivity index (χ3v) is 2.79. The largest absolute Gasteiger partial charge is 0.361 e.